The summed E-state index contributed by atoms with van der Waals surface area (Å²) in [6.07, 6.45) is 8.39. The highest BCUT2D eigenvalue weighted by molar-refractivity contribution is 5.95. The van der Waals surface area contributed by atoms with E-state index in [2.05, 4.69) is 59.4 Å². The van der Waals surface area contributed by atoms with Gasteiger partial charge in [-0.15, -0.1) is 0 Å². The molecular weight excluding hydrogens is 446 g/mol. The summed E-state index contributed by atoms with van der Waals surface area (Å²) in [5, 5.41) is 0. The number of aromatic nitrogens is 1. The summed E-state index contributed by atoms with van der Waals surface area (Å²) in [4.78, 5) is 22.0. The number of likely N-dealkylation sites (N-methyl/N-ethyl adjacent to an activating group) is 1. The van der Waals surface area contributed by atoms with Crippen LogP contribution in [0.5, 0.6) is 0 Å². The Morgan fingerprint density at radius 3 is 2.47 bits per heavy atom. The van der Waals surface area contributed by atoms with Crippen molar-refractivity contribution in [1.82, 2.24) is 14.8 Å². The lowest BCUT2D eigenvalue weighted by molar-refractivity contribution is 0.0603. The molecule has 5 rings (SSSR count). The van der Waals surface area contributed by atoms with Gasteiger partial charge < -0.3 is 9.32 Å². The fourth-order valence-corrected chi connectivity index (χ4v) is 5.35. The van der Waals surface area contributed by atoms with Crippen molar-refractivity contribution in [3.05, 3.63) is 114 Å². The van der Waals surface area contributed by atoms with Crippen molar-refractivity contribution in [3.63, 3.8) is 0 Å². The lowest BCUT2D eigenvalue weighted by Crippen LogP contribution is -2.46. The van der Waals surface area contributed by atoms with Crippen molar-refractivity contribution in [2.24, 2.45) is 5.92 Å². The van der Waals surface area contributed by atoms with Crippen LogP contribution in [-0.2, 0) is 13.0 Å². The summed E-state index contributed by atoms with van der Waals surface area (Å²) in [6.45, 7) is 2.45. The first-order valence-electron chi connectivity index (χ1n) is 12.7. The van der Waals surface area contributed by atoms with Gasteiger partial charge in [0, 0.05) is 49.2 Å². The Kier molecular flexibility index (Phi) is 7.58. The van der Waals surface area contributed by atoms with Gasteiger partial charge in [0.25, 0.3) is 5.91 Å². The average Bonchev–Trinajstić information content (AvgIpc) is 3.48. The van der Waals surface area contributed by atoms with Crippen LogP contribution in [-0.4, -0.2) is 46.9 Å². The van der Waals surface area contributed by atoms with E-state index in [0.717, 1.165) is 55.8 Å². The molecule has 1 fully saturated rings. The van der Waals surface area contributed by atoms with E-state index in [9.17, 15) is 4.79 Å². The van der Waals surface area contributed by atoms with E-state index in [0.29, 0.717) is 12.0 Å². The molecule has 2 aromatic heterocycles. The van der Waals surface area contributed by atoms with Gasteiger partial charge in [0.2, 0.25) is 0 Å². The number of carbonyl (C=O) groups excluding carboxylic acids is 1. The van der Waals surface area contributed by atoms with Crippen molar-refractivity contribution in [2.45, 2.75) is 31.8 Å². The molecule has 2 aromatic carbocycles. The van der Waals surface area contributed by atoms with Crippen molar-refractivity contribution in [3.8, 4) is 11.3 Å². The molecule has 4 aromatic rings. The molecule has 1 aliphatic heterocycles. The maximum atomic E-state index is 13.3. The number of nitrogens with zero attached hydrogens (tertiary/aromatic N) is 3. The van der Waals surface area contributed by atoms with E-state index in [4.69, 9.17) is 4.42 Å². The van der Waals surface area contributed by atoms with Crippen LogP contribution in [0.25, 0.3) is 11.3 Å². The van der Waals surface area contributed by atoms with Crippen LogP contribution in [0.15, 0.2) is 102 Å². The quantitative estimate of drug-likeness (QED) is 0.314. The van der Waals surface area contributed by atoms with E-state index in [1.807, 2.05) is 53.7 Å². The monoisotopic (exact) mass is 479 g/mol. The normalized spacial score (nSPS) is 15.2. The average molecular weight is 480 g/mol. The highest BCUT2D eigenvalue weighted by atomic mass is 16.3. The highest BCUT2D eigenvalue weighted by Crippen LogP contribution is 2.29. The minimum atomic E-state index is 0.103. The first kappa shape index (κ1) is 24.0. The Morgan fingerprint density at radius 1 is 0.972 bits per heavy atom. The van der Waals surface area contributed by atoms with Gasteiger partial charge in [-0.2, -0.15) is 0 Å². The molecule has 1 amide bonds. The Morgan fingerprint density at radius 2 is 1.75 bits per heavy atom. The summed E-state index contributed by atoms with van der Waals surface area (Å²) in [5.74, 6) is 1.41. The number of pyridine rings is 1. The molecule has 3 heterocycles. The molecular formula is C31H33N3O2. The van der Waals surface area contributed by atoms with Crippen LogP contribution >= 0.6 is 0 Å². The Bertz CT molecular complexity index is 1230. The van der Waals surface area contributed by atoms with E-state index in [-0.39, 0.29) is 5.91 Å². The number of hydrogen-bond donors (Lipinski definition) is 0. The molecule has 1 atom stereocenters. The summed E-state index contributed by atoms with van der Waals surface area (Å²) in [5.41, 5.74) is 4.28. The van der Waals surface area contributed by atoms with Gasteiger partial charge in [-0.25, -0.2) is 0 Å². The molecule has 0 spiro atoms. The molecule has 0 radical (unpaired) electrons. The van der Waals surface area contributed by atoms with Gasteiger partial charge in [0.1, 0.15) is 5.76 Å². The summed E-state index contributed by atoms with van der Waals surface area (Å²) in [6, 6.07) is 26.9. The zero-order valence-corrected chi connectivity index (χ0v) is 20.8. The fourth-order valence-electron chi connectivity index (χ4n) is 5.35. The SMILES string of the molecule is CN(Cc1ccncc1)C(Cc1ccccc1)C1CCN(C(=O)c2cccc(-c3ccco3)c2)CC1. The Balaban J connectivity index is 1.27. The number of likely N-dealkylation sites (tertiary alicyclic amines) is 1. The second-order valence-electron chi connectivity index (χ2n) is 9.72. The van der Waals surface area contributed by atoms with Gasteiger partial charge in [-0.05, 0) is 79.8 Å². The second-order valence-corrected chi connectivity index (χ2v) is 9.72. The van der Waals surface area contributed by atoms with Gasteiger partial charge in [0.15, 0.2) is 0 Å². The molecule has 1 aliphatic rings. The van der Waals surface area contributed by atoms with Crippen LogP contribution < -0.4 is 0 Å². The van der Waals surface area contributed by atoms with Crippen LogP contribution in [0.4, 0.5) is 0 Å². The summed E-state index contributed by atoms with van der Waals surface area (Å²) in [7, 11) is 2.23. The van der Waals surface area contributed by atoms with Crippen LogP contribution in [0.3, 0.4) is 0 Å². The van der Waals surface area contributed by atoms with E-state index in [1.54, 1.807) is 6.26 Å². The van der Waals surface area contributed by atoms with Gasteiger partial charge in [0.05, 0.1) is 6.26 Å². The first-order valence-corrected chi connectivity index (χ1v) is 12.7. The largest absolute Gasteiger partial charge is 0.464 e. The van der Waals surface area contributed by atoms with E-state index in [1.165, 1.54) is 11.1 Å². The zero-order valence-electron chi connectivity index (χ0n) is 20.8. The number of amides is 1. The topological polar surface area (TPSA) is 49.6 Å². The van der Waals surface area contributed by atoms with Crippen molar-refractivity contribution in [1.29, 1.82) is 0 Å². The predicted octanol–water partition coefficient (Wildman–Crippen LogP) is 5.94. The van der Waals surface area contributed by atoms with Crippen LogP contribution in [0, 0.1) is 5.92 Å². The predicted molar refractivity (Wildman–Crippen MR) is 142 cm³/mol. The maximum absolute atomic E-state index is 13.3. The molecule has 1 unspecified atom stereocenters. The molecule has 0 N–H and O–H groups in total. The van der Waals surface area contributed by atoms with Gasteiger partial charge >= 0.3 is 0 Å². The first-order chi connectivity index (χ1) is 17.7. The third-order valence-corrected chi connectivity index (χ3v) is 7.32. The summed E-state index contributed by atoms with van der Waals surface area (Å²) >= 11 is 0. The number of furan rings is 1. The van der Waals surface area contributed by atoms with E-state index >= 15 is 0 Å². The van der Waals surface area contributed by atoms with Gasteiger partial charge in [-0.1, -0.05) is 42.5 Å². The molecule has 1 saturated heterocycles. The van der Waals surface area contributed by atoms with Gasteiger partial charge in [-0.3, -0.25) is 14.7 Å². The van der Waals surface area contributed by atoms with Crippen molar-refractivity contribution in [2.75, 3.05) is 20.1 Å². The molecule has 0 saturated carbocycles. The number of carbonyl (C=O) groups is 1. The molecule has 5 heteroatoms. The smallest absolute Gasteiger partial charge is 0.253 e. The number of rotatable bonds is 8. The molecule has 184 valence electrons. The minimum Gasteiger partial charge on any atom is -0.464 e. The standard InChI is InChI=1S/C31H33N3O2/c1-33(23-25-12-16-32-17-13-25)29(21-24-7-3-2-4-8-24)26-14-18-34(19-15-26)31(35)28-10-5-9-27(22-28)30-11-6-20-36-30/h2-13,16-17,20,22,26,29H,14-15,18-19,21,23H2,1H3. The fraction of sp³-hybridized carbons (Fsp3) is 0.290. The molecule has 0 aliphatic carbocycles. The third-order valence-electron chi connectivity index (χ3n) is 7.32. The molecule has 5 nitrogen and oxygen atoms in total. The van der Waals surface area contributed by atoms with Crippen LogP contribution in [0.1, 0.15) is 34.3 Å². The Labute approximate surface area is 213 Å². The van der Waals surface area contributed by atoms with Crippen molar-refractivity contribution >= 4 is 5.91 Å². The number of piperidine rings is 1. The maximum Gasteiger partial charge on any atom is 0.253 e. The molecule has 36 heavy (non-hydrogen) atoms. The van der Waals surface area contributed by atoms with Crippen molar-refractivity contribution < 1.29 is 9.21 Å². The Hall–Kier alpha value is -3.70. The van der Waals surface area contributed by atoms with Crippen LogP contribution in [0.2, 0.25) is 0 Å². The third kappa shape index (κ3) is 5.74. The summed E-state index contributed by atoms with van der Waals surface area (Å²) < 4.78 is 5.52. The highest BCUT2D eigenvalue weighted by Gasteiger charge is 2.31. The lowest BCUT2D eigenvalue weighted by atomic mass is 9.84. The zero-order chi connectivity index (χ0) is 24.7. The number of benzene rings is 2. The second kappa shape index (κ2) is 11.4. The minimum absolute atomic E-state index is 0.103. The van der Waals surface area contributed by atoms with E-state index < -0.39 is 0 Å². The number of hydrogen-bond acceptors (Lipinski definition) is 4. The molecule has 0 bridgehead atoms. The lowest BCUT2D eigenvalue weighted by Gasteiger charge is -2.40.